The molecule has 188 valence electrons. The van der Waals surface area contributed by atoms with Crippen LogP contribution in [0.3, 0.4) is 0 Å². The van der Waals surface area contributed by atoms with Crippen LogP contribution < -0.4 is 5.32 Å². The fraction of sp³-hybridized carbons (Fsp3) is 0.261. The maximum absolute atomic E-state index is 15.2. The minimum Gasteiger partial charge on any atom is -0.321 e. The number of aromatic nitrogens is 2. The number of hydrogen-bond acceptors (Lipinski definition) is 5. The first-order valence-electron chi connectivity index (χ1n) is 10.8. The summed E-state index contributed by atoms with van der Waals surface area (Å²) in [6.07, 6.45) is -0.810. The Bertz CT molecular complexity index is 1480. The lowest BCUT2D eigenvalue weighted by molar-refractivity contribution is -0.118. The van der Waals surface area contributed by atoms with Crippen LogP contribution in [-0.4, -0.2) is 40.0 Å². The first-order chi connectivity index (χ1) is 17.0. The maximum atomic E-state index is 15.2. The van der Waals surface area contributed by atoms with Gasteiger partial charge in [0.25, 0.3) is 12.3 Å². The number of nitrogens with one attached hydrogen (secondary N) is 1. The zero-order valence-corrected chi connectivity index (χ0v) is 19.1. The van der Waals surface area contributed by atoms with Crippen LogP contribution in [0.15, 0.2) is 42.7 Å². The van der Waals surface area contributed by atoms with Crippen molar-refractivity contribution in [2.24, 2.45) is 0 Å². The Labute approximate surface area is 202 Å². The largest absolute Gasteiger partial charge is 0.321 e. The van der Waals surface area contributed by atoms with Crippen LogP contribution in [0.2, 0.25) is 0 Å². The molecule has 2 aromatic carbocycles. The second-order valence-corrected chi connectivity index (χ2v) is 10.5. The Kier molecular flexibility index (Phi) is 5.79. The third kappa shape index (κ3) is 3.82. The van der Waals surface area contributed by atoms with Crippen molar-refractivity contribution in [3.05, 3.63) is 77.0 Å². The van der Waals surface area contributed by atoms with Crippen LogP contribution >= 0.6 is 0 Å². The molecule has 0 bridgehead atoms. The van der Waals surface area contributed by atoms with Gasteiger partial charge in [0.05, 0.1) is 23.8 Å². The van der Waals surface area contributed by atoms with Crippen LogP contribution in [0.25, 0.3) is 11.3 Å². The molecule has 0 spiro atoms. The molecule has 36 heavy (non-hydrogen) atoms. The molecule has 0 saturated carbocycles. The smallest absolute Gasteiger partial charge is 0.281 e. The number of benzene rings is 2. The molecule has 3 heterocycles. The lowest BCUT2D eigenvalue weighted by Crippen LogP contribution is -2.33. The van der Waals surface area contributed by atoms with Gasteiger partial charge in [-0.25, -0.2) is 30.4 Å². The van der Waals surface area contributed by atoms with Gasteiger partial charge in [-0.15, -0.1) is 0 Å². The summed E-state index contributed by atoms with van der Waals surface area (Å²) >= 11 is 0. The normalized spacial score (nSPS) is 21.9. The van der Waals surface area contributed by atoms with Crippen molar-refractivity contribution in [1.29, 1.82) is 0 Å². The molecule has 2 fully saturated rings. The number of hydrogen-bond donors (Lipinski definition) is 1. The molecule has 2 atom stereocenters. The van der Waals surface area contributed by atoms with E-state index in [-0.39, 0.29) is 29.8 Å². The number of halogens is 5. The number of nitrogens with zero attached hydrogens (tertiary/aromatic N) is 3. The van der Waals surface area contributed by atoms with Crippen LogP contribution in [0.1, 0.15) is 36.1 Å². The molecule has 13 heteroatoms. The van der Waals surface area contributed by atoms with Crippen molar-refractivity contribution in [3.8, 4) is 11.3 Å². The van der Waals surface area contributed by atoms with E-state index >= 15 is 4.39 Å². The van der Waals surface area contributed by atoms with Gasteiger partial charge >= 0.3 is 0 Å². The molecule has 0 aliphatic carbocycles. The molecule has 2 saturated heterocycles. The van der Waals surface area contributed by atoms with Crippen molar-refractivity contribution in [1.82, 2.24) is 14.3 Å². The minimum atomic E-state index is -3.77. The molecule has 1 N–H and O–H groups in total. The van der Waals surface area contributed by atoms with Gasteiger partial charge < -0.3 is 5.32 Å². The van der Waals surface area contributed by atoms with E-state index in [2.05, 4.69) is 15.3 Å². The van der Waals surface area contributed by atoms with E-state index in [4.69, 9.17) is 0 Å². The quantitative estimate of drug-likeness (QED) is 0.386. The summed E-state index contributed by atoms with van der Waals surface area (Å²) in [5.74, 6) is -3.77. The standard InChI is InChI=1S/C23H17F5N4O3S/c24-14-7-12(6-13(9-14)18-10-30-19(11-29-18)21(27)28)8-15-16(25)2-3-17(20(15)26)31-22(33)23-4-1-5-32(23)36(23,34)35/h2-3,6-7,9-11,21H,1,4-5,8H2,(H,31,33). The molecular formula is C23H17F5N4O3S. The highest BCUT2D eigenvalue weighted by atomic mass is 32.2. The molecule has 3 aromatic rings. The third-order valence-corrected chi connectivity index (χ3v) is 8.65. The number of carbonyl (C=O) groups excluding carboxylic acids is 1. The van der Waals surface area contributed by atoms with Gasteiger partial charge in [0.1, 0.15) is 17.3 Å². The Morgan fingerprint density at radius 3 is 2.53 bits per heavy atom. The van der Waals surface area contributed by atoms with E-state index in [1.165, 1.54) is 6.07 Å². The maximum Gasteiger partial charge on any atom is 0.281 e. The molecule has 5 rings (SSSR count). The predicted molar refractivity (Wildman–Crippen MR) is 118 cm³/mol. The van der Waals surface area contributed by atoms with Gasteiger partial charge in [0.2, 0.25) is 14.9 Å². The number of sulfonamides is 1. The minimum absolute atomic E-state index is 0.0735. The summed E-state index contributed by atoms with van der Waals surface area (Å²) in [6, 6.07) is 5.39. The molecule has 2 aliphatic rings. The van der Waals surface area contributed by atoms with Gasteiger partial charge in [-0.2, -0.15) is 4.31 Å². The lowest BCUT2D eigenvalue weighted by atomic mass is 10.00. The zero-order valence-electron chi connectivity index (χ0n) is 18.3. The second kappa shape index (κ2) is 8.59. The zero-order chi connectivity index (χ0) is 25.8. The van der Waals surface area contributed by atoms with Crippen molar-refractivity contribution < 1.29 is 35.2 Å². The molecule has 0 radical (unpaired) electrons. The number of fused-ring (bicyclic) bond motifs is 1. The fourth-order valence-electron chi connectivity index (χ4n) is 4.48. The molecule has 2 aliphatic heterocycles. The van der Waals surface area contributed by atoms with Crippen molar-refractivity contribution >= 4 is 21.6 Å². The van der Waals surface area contributed by atoms with Crippen molar-refractivity contribution in [2.75, 3.05) is 11.9 Å². The lowest BCUT2D eigenvalue weighted by Gasteiger charge is -2.13. The van der Waals surface area contributed by atoms with Gasteiger partial charge in [-0.1, -0.05) is 0 Å². The summed E-state index contributed by atoms with van der Waals surface area (Å²) in [5, 5.41) is 2.25. The Morgan fingerprint density at radius 1 is 1.11 bits per heavy atom. The fourth-order valence-corrected chi connectivity index (χ4v) is 6.65. The monoisotopic (exact) mass is 524 g/mol. The highest BCUT2D eigenvalue weighted by Gasteiger charge is 2.77. The molecule has 2 unspecified atom stereocenters. The van der Waals surface area contributed by atoms with E-state index in [1.54, 1.807) is 0 Å². The Hall–Kier alpha value is -3.45. The number of anilines is 1. The topological polar surface area (TPSA) is 92.0 Å². The Balaban J connectivity index is 1.42. The van der Waals surface area contributed by atoms with Gasteiger partial charge in [-0.05, 0) is 48.7 Å². The first-order valence-corrected chi connectivity index (χ1v) is 12.2. The summed E-state index contributed by atoms with van der Waals surface area (Å²) in [5.41, 5.74) is -1.09. The van der Waals surface area contributed by atoms with E-state index < -0.39 is 68.0 Å². The molecule has 1 aromatic heterocycles. The third-order valence-electron chi connectivity index (χ3n) is 6.28. The highest BCUT2D eigenvalue weighted by molar-refractivity contribution is 7.98. The second-order valence-electron chi connectivity index (χ2n) is 8.46. The van der Waals surface area contributed by atoms with Crippen LogP contribution in [0.4, 0.5) is 27.6 Å². The summed E-state index contributed by atoms with van der Waals surface area (Å²) in [4.78, 5) is 18.4. The molecule has 1 amide bonds. The summed E-state index contributed by atoms with van der Waals surface area (Å²) in [7, 11) is -3.77. The van der Waals surface area contributed by atoms with E-state index in [1.807, 2.05) is 0 Å². The molecule has 7 nitrogen and oxygen atoms in total. The number of alkyl halides is 2. The van der Waals surface area contributed by atoms with Gasteiger partial charge in [0.15, 0.2) is 5.82 Å². The molecular weight excluding hydrogens is 507 g/mol. The van der Waals surface area contributed by atoms with Gasteiger partial charge in [0, 0.05) is 24.1 Å². The van der Waals surface area contributed by atoms with Crippen LogP contribution in [0.5, 0.6) is 0 Å². The van der Waals surface area contributed by atoms with E-state index in [0.29, 0.717) is 6.42 Å². The van der Waals surface area contributed by atoms with Crippen LogP contribution in [0, 0.1) is 17.5 Å². The Morgan fingerprint density at radius 2 is 1.89 bits per heavy atom. The average molecular weight is 524 g/mol. The van der Waals surface area contributed by atoms with Crippen molar-refractivity contribution in [2.45, 2.75) is 30.6 Å². The number of carbonyl (C=O) groups is 1. The average Bonchev–Trinajstić information content (AvgIpc) is 3.14. The SMILES string of the molecule is O=C(Nc1ccc(F)c(Cc2cc(F)cc(-c3cnc(C(F)F)cn3)c2)c1F)C12CCCN1S2(=O)=O. The van der Waals surface area contributed by atoms with E-state index in [0.717, 1.165) is 41.0 Å². The number of amides is 1. The van der Waals surface area contributed by atoms with Crippen LogP contribution in [-0.2, 0) is 21.2 Å². The highest BCUT2D eigenvalue weighted by Crippen LogP contribution is 2.52. The van der Waals surface area contributed by atoms with E-state index in [9.17, 15) is 30.8 Å². The predicted octanol–water partition coefficient (Wildman–Crippen LogP) is 4.16. The first kappa shape index (κ1) is 24.3. The summed E-state index contributed by atoms with van der Waals surface area (Å²) < 4.78 is 94.9. The van der Waals surface area contributed by atoms with Gasteiger partial charge in [-0.3, -0.25) is 14.8 Å². The number of rotatable bonds is 6. The summed E-state index contributed by atoms with van der Waals surface area (Å²) in [6.45, 7) is 0.198. The van der Waals surface area contributed by atoms with Crippen molar-refractivity contribution in [3.63, 3.8) is 0 Å².